The van der Waals surface area contributed by atoms with Crippen LogP contribution in [0.3, 0.4) is 0 Å². The lowest BCUT2D eigenvalue weighted by atomic mass is 9.93. The molecule has 0 bridgehead atoms. The van der Waals surface area contributed by atoms with Crippen molar-refractivity contribution in [3.63, 3.8) is 0 Å². The summed E-state index contributed by atoms with van der Waals surface area (Å²) in [6, 6.07) is 12.7. The van der Waals surface area contributed by atoms with Crippen LogP contribution in [-0.4, -0.2) is 19.7 Å². The van der Waals surface area contributed by atoms with Crippen molar-refractivity contribution < 1.29 is 4.80 Å². The summed E-state index contributed by atoms with van der Waals surface area (Å²) in [6.07, 6.45) is 1.61. The number of rotatable bonds is 6. The molecular weight excluding hydrogens is 302 g/mol. The molecule has 0 spiro atoms. The summed E-state index contributed by atoms with van der Waals surface area (Å²) in [5, 5.41) is 5.99. The Labute approximate surface area is 138 Å². The van der Waals surface area contributed by atoms with Gasteiger partial charge in [0.25, 0.3) is 0 Å². The topological polar surface area (TPSA) is 69.0 Å². The van der Waals surface area contributed by atoms with E-state index in [1.54, 1.807) is 0 Å². The Morgan fingerprint density at radius 3 is 2.22 bits per heavy atom. The molecule has 0 radical (unpaired) electrons. The predicted octanol–water partition coefficient (Wildman–Crippen LogP) is 5.21. The molecule has 0 fully saturated rings. The van der Waals surface area contributed by atoms with Gasteiger partial charge >= 0.3 is 0 Å². The Kier molecular flexibility index (Phi) is 5.15. The monoisotopic (exact) mass is 327 g/mol. The molecule has 0 amide bonds. The second kappa shape index (κ2) is 6.75. The lowest BCUT2D eigenvalue weighted by molar-refractivity contribution is 0.468. The van der Waals surface area contributed by atoms with Crippen molar-refractivity contribution in [1.82, 2.24) is 0 Å². The zero-order valence-corrected chi connectivity index (χ0v) is 15.4. The lowest BCUT2D eigenvalue weighted by Gasteiger charge is -2.35. The van der Waals surface area contributed by atoms with Crippen molar-refractivity contribution in [3.8, 4) is 0 Å². The summed E-state index contributed by atoms with van der Waals surface area (Å²) in [5.41, 5.74) is 10.9. The van der Waals surface area contributed by atoms with Crippen molar-refractivity contribution in [2.45, 2.75) is 44.8 Å². The molecule has 0 aromatic heterocycles. The highest BCUT2D eigenvalue weighted by Crippen LogP contribution is 2.40. The summed E-state index contributed by atoms with van der Waals surface area (Å²) in [4.78, 5) is 13.4. The minimum absolute atomic E-state index is 0.0949. The fraction of sp³-hybridized carbons (Fsp3) is 0.444. The van der Waals surface area contributed by atoms with Crippen LogP contribution < -0.4 is 0 Å². The van der Waals surface area contributed by atoms with Crippen LogP contribution in [0.1, 0.15) is 25.0 Å². The molecule has 0 heterocycles. The molecule has 0 saturated heterocycles. The molecule has 0 atom stereocenters. The van der Waals surface area contributed by atoms with E-state index >= 15 is 0 Å². The molecule has 0 saturated carbocycles. The van der Waals surface area contributed by atoms with Crippen LogP contribution in [0.4, 0.5) is 0 Å². The second-order valence-electron chi connectivity index (χ2n) is 7.25. The van der Waals surface area contributed by atoms with E-state index in [0.717, 1.165) is 12.8 Å². The molecule has 2 aromatic rings. The normalized spacial score (nSPS) is 12.2. The van der Waals surface area contributed by atoms with Crippen molar-refractivity contribution in [3.05, 3.63) is 58.0 Å². The van der Waals surface area contributed by atoms with Crippen LogP contribution in [0.2, 0.25) is 18.1 Å². The lowest BCUT2D eigenvalue weighted by Crippen LogP contribution is -2.40. The first kappa shape index (κ1) is 17.5. The standard InChI is InChI=1S/C18H25N3OSi/c1-18(2,23(3,4)22)13-15-8-6-9-16-14(11-12-20-21-19)7-5-10-17(15)16/h5-10,22H,11-13H2,1-4H3. The van der Waals surface area contributed by atoms with E-state index in [1.165, 1.54) is 21.9 Å². The fourth-order valence-corrected chi connectivity index (χ4v) is 3.34. The van der Waals surface area contributed by atoms with Crippen molar-refractivity contribution in [1.29, 1.82) is 0 Å². The molecule has 5 heteroatoms. The van der Waals surface area contributed by atoms with Crippen LogP contribution in [0.5, 0.6) is 0 Å². The molecule has 4 nitrogen and oxygen atoms in total. The highest BCUT2D eigenvalue weighted by molar-refractivity contribution is 6.72. The zero-order valence-electron chi connectivity index (χ0n) is 14.4. The first-order valence-corrected chi connectivity index (χ1v) is 10.9. The molecule has 2 aromatic carbocycles. The molecule has 0 aliphatic heterocycles. The van der Waals surface area contributed by atoms with Crippen LogP contribution >= 0.6 is 0 Å². The first-order chi connectivity index (χ1) is 10.8. The van der Waals surface area contributed by atoms with E-state index in [1.807, 2.05) is 13.1 Å². The number of hydrogen-bond acceptors (Lipinski definition) is 2. The highest BCUT2D eigenvalue weighted by atomic mass is 28.4. The predicted molar refractivity (Wildman–Crippen MR) is 99.1 cm³/mol. The molecule has 0 aliphatic carbocycles. The fourth-order valence-electron chi connectivity index (χ4n) is 2.72. The third kappa shape index (κ3) is 3.94. The number of benzene rings is 2. The minimum atomic E-state index is -2.25. The van der Waals surface area contributed by atoms with Crippen molar-refractivity contribution >= 4 is 19.1 Å². The van der Waals surface area contributed by atoms with Gasteiger partial charge in [0.15, 0.2) is 8.32 Å². The van der Waals surface area contributed by atoms with Crippen molar-refractivity contribution in [2.75, 3.05) is 6.54 Å². The summed E-state index contributed by atoms with van der Waals surface area (Å²) in [5.74, 6) is 0. The highest BCUT2D eigenvalue weighted by Gasteiger charge is 2.38. The van der Waals surface area contributed by atoms with E-state index in [-0.39, 0.29) is 5.04 Å². The van der Waals surface area contributed by atoms with Gasteiger partial charge in [-0.25, -0.2) is 0 Å². The Bertz CT molecular complexity index is 744. The van der Waals surface area contributed by atoms with E-state index < -0.39 is 8.32 Å². The number of nitrogens with zero attached hydrogens (tertiary/aromatic N) is 3. The van der Waals surface area contributed by atoms with E-state index in [9.17, 15) is 4.80 Å². The van der Waals surface area contributed by atoms with Crippen LogP contribution in [-0.2, 0) is 12.8 Å². The average molecular weight is 328 g/mol. The van der Waals surface area contributed by atoms with Crippen molar-refractivity contribution in [2.24, 2.45) is 5.11 Å². The Hall–Kier alpha value is -1.81. The number of fused-ring (bicyclic) bond motifs is 1. The number of hydrogen-bond donors (Lipinski definition) is 1. The SMILES string of the molecule is CC(C)(Cc1cccc2c(CCN=[N+]=[N-])cccc12)[Si](C)(C)O. The summed E-state index contributed by atoms with van der Waals surface area (Å²) in [7, 11) is -2.25. The van der Waals surface area contributed by atoms with Gasteiger partial charge in [-0.15, -0.1) is 0 Å². The number of azide groups is 1. The molecule has 2 rings (SSSR count). The molecule has 0 unspecified atom stereocenters. The molecular formula is C18H25N3OSi. The van der Waals surface area contributed by atoms with Gasteiger partial charge in [0.1, 0.15) is 0 Å². The van der Waals surface area contributed by atoms with Gasteiger partial charge in [-0.1, -0.05) is 55.4 Å². The molecule has 23 heavy (non-hydrogen) atoms. The van der Waals surface area contributed by atoms with Gasteiger partial charge in [-0.3, -0.25) is 0 Å². The quantitative estimate of drug-likeness (QED) is 0.336. The largest absolute Gasteiger partial charge is 0.432 e. The Morgan fingerprint density at radius 2 is 1.65 bits per heavy atom. The van der Waals surface area contributed by atoms with Gasteiger partial charge in [0.05, 0.1) is 0 Å². The van der Waals surface area contributed by atoms with E-state index in [2.05, 4.69) is 60.3 Å². The third-order valence-electron chi connectivity index (χ3n) is 4.94. The smallest absolute Gasteiger partial charge is 0.188 e. The summed E-state index contributed by atoms with van der Waals surface area (Å²) >= 11 is 0. The maximum absolute atomic E-state index is 10.6. The maximum Gasteiger partial charge on any atom is 0.188 e. The third-order valence-corrected chi connectivity index (χ3v) is 8.42. The van der Waals surface area contributed by atoms with E-state index in [0.29, 0.717) is 6.54 Å². The van der Waals surface area contributed by atoms with Gasteiger partial charge in [-0.2, -0.15) is 0 Å². The zero-order chi connectivity index (χ0) is 17.1. The van der Waals surface area contributed by atoms with Crippen LogP contribution in [0.15, 0.2) is 41.5 Å². The van der Waals surface area contributed by atoms with Gasteiger partial charge in [0.2, 0.25) is 0 Å². The Morgan fingerprint density at radius 1 is 1.09 bits per heavy atom. The summed E-state index contributed by atoms with van der Waals surface area (Å²) in [6.45, 7) is 8.79. The molecule has 0 aliphatic rings. The second-order valence-corrected chi connectivity index (χ2v) is 11.7. The maximum atomic E-state index is 10.6. The molecule has 1 N–H and O–H groups in total. The first-order valence-electron chi connectivity index (χ1n) is 7.99. The van der Waals surface area contributed by atoms with Crippen LogP contribution in [0.25, 0.3) is 21.2 Å². The van der Waals surface area contributed by atoms with Gasteiger partial charge in [0, 0.05) is 11.5 Å². The summed E-state index contributed by atoms with van der Waals surface area (Å²) < 4.78 is 0. The van der Waals surface area contributed by atoms with E-state index in [4.69, 9.17) is 5.53 Å². The van der Waals surface area contributed by atoms with Gasteiger partial charge < -0.3 is 4.80 Å². The average Bonchev–Trinajstić information content (AvgIpc) is 2.47. The van der Waals surface area contributed by atoms with Crippen LogP contribution in [0, 0.1) is 0 Å². The minimum Gasteiger partial charge on any atom is -0.432 e. The van der Waals surface area contributed by atoms with Gasteiger partial charge in [-0.05, 0) is 58.4 Å². The molecule has 122 valence electrons. The Balaban J connectivity index is 2.43.